The Morgan fingerprint density at radius 2 is 2.15 bits per heavy atom. The van der Waals surface area contributed by atoms with Gasteiger partial charge >= 0.3 is 0 Å². The fourth-order valence-electron chi connectivity index (χ4n) is 1.11. The Kier molecular flexibility index (Phi) is 2.22. The highest BCUT2D eigenvalue weighted by Gasteiger charge is 2.06. The maximum atomic E-state index is 13.4. The zero-order valence-corrected chi connectivity index (χ0v) is 8.73. The summed E-state index contributed by atoms with van der Waals surface area (Å²) in [5.74, 6) is -0.423. The van der Waals surface area contributed by atoms with Crippen molar-refractivity contribution in [3.05, 3.63) is 39.7 Å². The van der Waals surface area contributed by atoms with E-state index in [9.17, 15) is 4.39 Å². The van der Waals surface area contributed by atoms with E-state index in [-0.39, 0.29) is 5.02 Å². The van der Waals surface area contributed by atoms with Gasteiger partial charge in [-0.3, -0.25) is 4.98 Å². The molecule has 1 aromatic carbocycles. The Morgan fingerprint density at radius 3 is 2.92 bits per heavy atom. The van der Waals surface area contributed by atoms with E-state index in [0.29, 0.717) is 10.9 Å². The molecule has 2 aromatic rings. The van der Waals surface area contributed by atoms with Crippen LogP contribution in [0.4, 0.5) is 4.39 Å². The molecule has 0 radical (unpaired) electrons. The fourth-order valence-corrected chi connectivity index (χ4v) is 1.61. The molecule has 2 rings (SSSR count). The maximum Gasteiger partial charge on any atom is 0.151 e. The molecule has 1 aromatic heterocycles. The lowest BCUT2D eigenvalue weighted by Gasteiger charge is -2.00. The van der Waals surface area contributed by atoms with Gasteiger partial charge in [0.2, 0.25) is 0 Å². The molecule has 0 aliphatic rings. The number of hydrogen-bond donors (Lipinski definition) is 0. The number of nitrogens with zero attached hydrogens (tertiary/aromatic N) is 1. The minimum absolute atomic E-state index is 0.118. The summed E-state index contributed by atoms with van der Waals surface area (Å²) in [4.78, 5) is 4.04. The molecule has 0 atom stereocenters. The summed E-state index contributed by atoms with van der Waals surface area (Å²) in [5.41, 5.74) is 0.602. The highest BCUT2D eigenvalue weighted by Crippen LogP contribution is 2.25. The quantitative estimate of drug-likeness (QED) is 0.702. The molecule has 0 spiro atoms. The normalized spacial score (nSPS) is 10.7. The average molecular weight is 260 g/mol. The van der Waals surface area contributed by atoms with Crippen LogP contribution in [0, 0.1) is 5.82 Å². The molecule has 0 N–H and O–H groups in total. The van der Waals surface area contributed by atoms with Crippen LogP contribution in [-0.4, -0.2) is 4.98 Å². The zero-order chi connectivity index (χ0) is 9.42. The van der Waals surface area contributed by atoms with Crippen molar-refractivity contribution in [3.8, 4) is 0 Å². The van der Waals surface area contributed by atoms with Gasteiger partial charge in [-0.2, -0.15) is 0 Å². The Hall–Kier alpha value is -0.670. The van der Waals surface area contributed by atoms with Gasteiger partial charge in [-0.25, -0.2) is 4.39 Å². The van der Waals surface area contributed by atoms with Crippen molar-refractivity contribution < 1.29 is 4.39 Å². The van der Waals surface area contributed by atoms with Crippen molar-refractivity contribution in [1.29, 1.82) is 0 Å². The van der Waals surface area contributed by atoms with E-state index in [2.05, 4.69) is 20.9 Å². The number of aromatic nitrogens is 1. The van der Waals surface area contributed by atoms with Crippen LogP contribution in [0.15, 0.2) is 28.9 Å². The summed E-state index contributed by atoms with van der Waals surface area (Å²) in [6.45, 7) is 0. The minimum atomic E-state index is -0.423. The van der Waals surface area contributed by atoms with Crippen molar-refractivity contribution in [2.24, 2.45) is 0 Å². The second kappa shape index (κ2) is 3.24. The Bertz CT molecular complexity index is 467. The lowest BCUT2D eigenvalue weighted by atomic mass is 10.2. The van der Waals surface area contributed by atoms with Crippen LogP contribution in [0.25, 0.3) is 10.9 Å². The van der Waals surface area contributed by atoms with Crippen LogP contribution in [0.1, 0.15) is 0 Å². The van der Waals surface area contributed by atoms with Crippen molar-refractivity contribution in [3.63, 3.8) is 0 Å². The van der Waals surface area contributed by atoms with E-state index in [1.165, 1.54) is 6.07 Å². The molecule has 0 saturated carbocycles. The van der Waals surface area contributed by atoms with Crippen LogP contribution in [0.3, 0.4) is 0 Å². The van der Waals surface area contributed by atoms with E-state index in [1.807, 2.05) is 0 Å². The molecule has 0 aliphatic heterocycles. The molecule has 1 heterocycles. The van der Waals surface area contributed by atoms with Gasteiger partial charge in [-0.1, -0.05) is 11.6 Å². The van der Waals surface area contributed by atoms with Crippen LogP contribution in [-0.2, 0) is 0 Å². The highest BCUT2D eigenvalue weighted by atomic mass is 79.9. The second-order valence-electron chi connectivity index (χ2n) is 2.58. The van der Waals surface area contributed by atoms with Crippen LogP contribution in [0.5, 0.6) is 0 Å². The molecule has 0 amide bonds. The lowest BCUT2D eigenvalue weighted by molar-refractivity contribution is 0.640. The first-order valence-electron chi connectivity index (χ1n) is 3.58. The molecule has 4 heteroatoms. The predicted molar refractivity (Wildman–Crippen MR) is 54.4 cm³/mol. The number of halogens is 3. The molecule has 0 fully saturated rings. The Morgan fingerprint density at radius 1 is 1.38 bits per heavy atom. The van der Waals surface area contributed by atoms with E-state index in [1.54, 1.807) is 18.3 Å². The third-order valence-corrected chi connectivity index (χ3v) is 2.44. The Balaban J connectivity index is 2.89. The molecular weight excluding hydrogens is 256 g/mol. The molecule has 0 saturated heterocycles. The summed E-state index contributed by atoms with van der Waals surface area (Å²) in [6.07, 6.45) is 1.62. The minimum Gasteiger partial charge on any atom is -0.255 e. The smallest absolute Gasteiger partial charge is 0.151 e. The van der Waals surface area contributed by atoms with Gasteiger partial charge in [0, 0.05) is 16.1 Å². The highest BCUT2D eigenvalue weighted by molar-refractivity contribution is 9.10. The van der Waals surface area contributed by atoms with E-state index in [0.717, 1.165) is 4.47 Å². The zero-order valence-electron chi connectivity index (χ0n) is 6.39. The first-order chi connectivity index (χ1) is 6.18. The first kappa shape index (κ1) is 8.91. The molecule has 0 bridgehead atoms. The summed E-state index contributed by atoms with van der Waals surface area (Å²) < 4.78 is 14.1. The standard InChI is InChI=1S/C9H4BrClFN/c10-5-3-6-8(13-4-5)2-1-7(11)9(6)12/h1-4H. The van der Waals surface area contributed by atoms with Gasteiger partial charge in [-0.15, -0.1) is 0 Å². The van der Waals surface area contributed by atoms with Crippen LogP contribution < -0.4 is 0 Å². The number of benzene rings is 1. The van der Waals surface area contributed by atoms with Gasteiger partial charge in [-0.05, 0) is 34.1 Å². The van der Waals surface area contributed by atoms with Crippen LogP contribution in [0.2, 0.25) is 5.02 Å². The molecule has 0 unspecified atom stereocenters. The van der Waals surface area contributed by atoms with Crippen molar-refractivity contribution in [2.45, 2.75) is 0 Å². The van der Waals surface area contributed by atoms with Gasteiger partial charge < -0.3 is 0 Å². The van der Waals surface area contributed by atoms with Crippen molar-refractivity contribution in [1.82, 2.24) is 4.98 Å². The third kappa shape index (κ3) is 1.54. The van der Waals surface area contributed by atoms with Crippen molar-refractivity contribution >= 4 is 38.4 Å². The van der Waals surface area contributed by atoms with Gasteiger partial charge in [0.05, 0.1) is 10.5 Å². The number of fused-ring (bicyclic) bond motifs is 1. The maximum absolute atomic E-state index is 13.4. The fraction of sp³-hybridized carbons (Fsp3) is 0. The van der Waals surface area contributed by atoms with Gasteiger partial charge in [0.1, 0.15) is 0 Å². The summed E-state index contributed by atoms with van der Waals surface area (Å²) in [7, 11) is 0. The second-order valence-corrected chi connectivity index (χ2v) is 3.90. The van der Waals surface area contributed by atoms with Gasteiger partial charge in [0.25, 0.3) is 0 Å². The molecule has 13 heavy (non-hydrogen) atoms. The monoisotopic (exact) mass is 259 g/mol. The van der Waals surface area contributed by atoms with E-state index < -0.39 is 5.82 Å². The topological polar surface area (TPSA) is 12.9 Å². The number of rotatable bonds is 0. The number of hydrogen-bond acceptors (Lipinski definition) is 1. The SMILES string of the molecule is Fc1c(Cl)ccc2ncc(Br)cc12. The van der Waals surface area contributed by atoms with E-state index in [4.69, 9.17) is 11.6 Å². The molecule has 1 nitrogen and oxygen atoms in total. The third-order valence-electron chi connectivity index (χ3n) is 1.72. The van der Waals surface area contributed by atoms with Crippen LogP contribution >= 0.6 is 27.5 Å². The van der Waals surface area contributed by atoms with E-state index >= 15 is 0 Å². The summed E-state index contributed by atoms with van der Waals surface area (Å²) in [5, 5.41) is 0.550. The molecule has 0 aliphatic carbocycles. The van der Waals surface area contributed by atoms with Crippen molar-refractivity contribution in [2.75, 3.05) is 0 Å². The average Bonchev–Trinajstić information content (AvgIpc) is 2.12. The first-order valence-corrected chi connectivity index (χ1v) is 4.75. The van der Waals surface area contributed by atoms with Gasteiger partial charge in [0.15, 0.2) is 5.82 Å². The summed E-state index contributed by atoms with van der Waals surface area (Å²) >= 11 is 8.84. The number of pyridine rings is 1. The lowest BCUT2D eigenvalue weighted by Crippen LogP contribution is -1.84. The molecular formula is C9H4BrClFN. The molecule has 66 valence electrons. The Labute approximate surface area is 87.7 Å². The predicted octanol–water partition coefficient (Wildman–Crippen LogP) is 3.79. The summed E-state index contributed by atoms with van der Waals surface area (Å²) in [6, 6.07) is 4.84. The largest absolute Gasteiger partial charge is 0.255 e.